The molecule has 0 radical (unpaired) electrons. The molecule has 0 aromatic carbocycles. The number of hydrogen-bond donors (Lipinski definition) is 1. The van der Waals surface area contributed by atoms with Gasteiger partial charge < -0.3 is 9.84 Å². The number of amides is 1. The van der Waals surface area contributed by atoms with Crippen molar-refractivity contribution in [2.75, 3.05) is 0 Å². The van der Waals surface area contributed by atoms with Crippen LogP contribution in [-0.4, -0.2) is 39.9 Å². The second kappa shape index (κ2) is 4.16. The molecular weight excluding hydrogens is 218 g/mol. The lowest BCUT2D eigenvalue weighted by atomic mass is 9.89. The van der Waals surface area contributed by atoms with Crippen LogP contribution in [0, 0.1) is 5.41 Å². The third-order valence-electron chi connectivity index (χ3n) is 2.84. The van der Waals surface area contributed by atoms with Crippen LogP contribution in [0.2, 0.25) is 0 Å². The second-order valence-corrected chi connectivity index (χ2v) is 6.93. The zero-order valence-corrected chi connectivity index (χ0v) is 11.9. The van der Waals surface area contributed by atoms with Crippen LogP contribution >= 0.6 is 0 Å². The van der Waals surface area contributed by atoms with Gasteiger partial charge in [0.2, 0.25) is 0 Å². The minimum Gasteiger partial charge on any atom is -0.444 e. The smallest absolute Gasteiger partial charge is 0.411 e. The van der Waals surface area contributed by atoms with Gasteiger partial charge in [-0.15, -0.1) is 0 Å². The zero-order valence-electron chi connectivity index (χ0n) is 11.9. The largest absolute Gasteiger partial charge is 0.444 e. The van der Waals surface area contributed by atoms with E-state index in [0.717, 1.165) is 0 Å². The molecule has 1 N–H and O–H groups in total. The van der Waals surface area contributed by atoms with E-state index in [-0.39, 0.29) is 23.6 Å². The van der Waals surface area contributed by atoms with Crippen molar-refractivity contribution in [2.24, 2.45) is 5.41 Å². The summed E-state index contributed by atoms with van der Waals surface area (Å²) >= 11 is 0. The molecule has 0 bridgehead atoms. The zero-order chi connectivity index (χ0) is 13.6. The van der Waals surface area contributed by atoms with E-state index in [2.05, 4.69) is 20.8 Å². The van der Waals surface area contributed by atoms with Crippen LogP contribution in [0.25, 0.3) is 0 Å². The van der Waals surface area contributed by atoms with Gasteiger partial charge in [-0.3, -0.25) is 4.90 Å². The average molecular weight is 243 g/mol. The van der Waals surface area contributed by atoms with Gasteiger partial charge in [0, 0.05) is 0 Å². The topological polar surface area (TPSA) is 49.5 Å². The van der Waals surface area contributed by atoms with E-state index < -0.39 is 11.7 Å². The average Bonchev–Trinajstić information content (AvgIpc) is 2.71. The van der Waals surface area contributed by atoms with E-state index in [9.17, 15) is 9.90 Å². The molecule has 0 spiro atoms. The van der Waals surface area contributed by atoms with E-state index in [0.29, 0.717) is 0 Å². The van der Waals surface area contributed by atoms with Crippen LogP contribution in [0.4, 0.5) is 4.79 Å². The maximum absolute atomic E-state index is 12.0. The summed E-state index contributed by atoms with van der Waals surface area (Å²) in [7, 11) is 0. The molecule has 4 nitrogen and oxygen atoms in total. The van der Waals surface area contributed by atoms with Gasteiger partial charge in [0.05, 0.1) is 18.2 Å². The number of nitrogens with zero attached hydrogens (tertiary/aromatic N) is 1. The van der Waals surface area contributed by atoms with E-state index >= 15 is 0 Å². The van der Waals surface area contributed by atoms with Crippen molar-refractivity contribution in [2.45, 2.75) is 72.3 Å². The summed E-state index contributed by atoms with van der Waals surface area (Å²) in [6.07, 6.45) is -0.852. The molecule has 4 heteroatoms. The molecule has 1 aliphatic heterocycles. The Morgan fingerprint density at radius 3 is 1.94 bits per heavy atom. The maximum Gasteiger partial charge on any atom is 0.411 e. The molecule has 0 saturated carbocycles. The lowest BCUT2D eigenvalue weighted by Crippen LogP contribution is -2.30. The fraction of sp³-hybridized carbons (Fsp3) is 0.923. The van der Waals surface area contributed by atoms with Gasteiger partial charge >= 0.3 is 6.09 Å². The summed E-state index contributed by atoms with van der Waals surface area (Å²) in [4.78, 5) is 13.6. The van der Waals surface area contributed by atoms with Crippen molar-refractivity contribution in [3.05, 3.63) is 0 Å². The Hall–Kier alpha value is -0.770. The van der Waals surface area contributed by atoms with Crippen LogP contribution in [-0.2, 0) is 4.74 Å². The minimum atomic E-state index is -0.522. The quantitative estimate of drug-likeness (QED) is 0.719. The Morgan fingerprint density at radius 2 is 1.71 bits per heavy atom. The number of hydrogen-bond acceptors (Lipinski definition) is 3. The minimum absolute atomic E-state index is 0.0431. The molecule has 3 atom stereocenters. The highest BCUT2D eigenvalue weighted by atomic mass is 16.6. The Balaban J connectivity index is 2.75. The number of carbonyl (C=O) groups is 1. The van der Waals surface area contributed by atoms with Crippen molar-refractivity contribution >= 4 is 6.09 Å². The van der Waals surface area contributed by atoms with E-state index in [1.54, 1.807) is 11.8 Å². The molecular formula is C13H25NO3. The van der Waals surface area contributed by atoms with E-state index in [4.69, 9.17) is 4.74 Å². The number of carbonyl (C=O) groups excluding carboxylic acids is 1. The van der Waals surface area contributed by atoms with Gasteiger partial charge in [-0.1, -0.05) is 20.8 Å². The Kier molecular flexibility index (Phi) is 3.50. The summed E-state index contributed by atoms with van der Waals surface area (Å²) < 4.78 is 5.34. The van der Waals surface area contributed by atoms with Crippen LogP contribution in [0.15, 0.2) is 0 Å². The molecule has 1 heterocycles. The molecule has 0 aromatic heterocycles. The van der Waals surface area contributed by atoms with Gasteiger partial charge in [-0.25, -0.2) is 4.79 Å². The van der Waals surface area contributed by atoms with Crippen LogP contribution in [0.1, 0.15) is 48.5 Å². The summed E-state index contributed by atoms with van der Waals surface area (Å²) in [5.74, 6) is 0. The fourth-order valence-corrected chi connectivity index (χ4v) is 2.23. The molecule has 0 unspecified atom stereocenters. The van der Waals surface area contributed by atoms with Crippen LogP contribution in [0.3, 0.4) is 0 Å². The molecule has 1 amide bonds. The summed E-state index contributed by atoms with van der Waals surface area (Å²) in [6.45, 7) is 13.5. The third-order valence-corrected chi connectivity index (χ3v) is 2.84. The first-order chi connectivity index (χ1) is 7.45. The Labute approximate surface area is 104 Å². The predicted molar refractivity (Wildman–Crippen MR) is 66.8 cm³/mol. The van der Waals surface area contributed by atoms with Crippen molar-refractivity contribution in [3.63, 3.8) is 0 Å². The molecule has 1 rings (SSSR count). The Bertz CT molecular complexity index is 299. The lowest BCUT2D eigenvalue weighted by Gasteiger charge is -2.22. The first kappa shape index (κ1) is 14.3. The highest BCUT2D eigenvalue weighted by molar-refractivity contribution is 5.73. The molecule has 1 aliphatic rings. The second-order valence-electron chi connectivity index (χ2n) is 6.93. The van der Waals surface area contributed by atoms with Crippen molar-refractivity contribution in [1.29, 1.82) is 0 Å². The van der Waals surface area contributed by atoms with Gasteiger partial charge in [0.1, 0.15) is 5.60 Å². The summed E-state index contributed by atoms with van der Waals surface area (Å²) in [5, 5.41) is 9.69. The highest BCUT2D eigenvalue weighted by Crippen LogP contribution is 2.44. The molecule has 100 valence electrons. The van der Waals surface area contributed by atoms with Crippen molar-refractivity contribution < 1.29 is 14.6 Å². The molecule has 0 aromatic rings. The first-order valence-electron chi connectivity index (χ1n) is 6.14. The summed E-state index contributed by atoms with van der Waals surface area (Å²) in [5.41, 5.74) is -0.538. The van der Waals surface area contributed by atoms with Crippen LogP contribution in [0.5, 0.6) is 0 Å². The van der Waals surface area contributed by atoms with Crippen molar-refractivity contribution in [3.8, 4) is 0 Å². The van der Waals surface area contributed by atoms with E-state index in [1.165, 1.54) is 0 Å². The van der Waals surface area contributed by atoms with Gasteiger partial charge in [0.25, 0.3) is 0 Å². The first-order valence-corrected chi connectivity index (χ1v) is 6.14. The number of ether oxygens (including phenoxy) is 1. The van der Waals surface area contributed by atoms with Gasteiger partial charge in [0.15, 0.2) is 0 Å². The van der Waals surface area contributed by atoms with Crippen LogP contribution < -0.4 is 0 Å². The van der Waals surface area contributed by atoms with E-state index in [1.807, 2.05) is 20.8 Å². The highest BCUT2D eigenvalue weighted by Gasteiger charge is 2.59. The number of rotatable bonds is 1. The predicted octanol–water partition coefficient (Wildman–Crippen LogP) is 2.40. The monoisotopic (exact) mass is 243 g/mol. The maximum atomic E-state index is 12.0. The third kappa shape index (κ3) is 3.35. The number of aliphatic hydroxyl groups excluding tert-OH is 1. The van der Waals surface area contributed by atoms with Gasteiger partial charge in [-0.05, 0) is 33.1 Å². The van der Waals surface area contributed by atoms with Gasteiger partial charge in [-0.2, -0.15) is 0 Å². The van der Waals surface area contributed by atoms with Crippen molar-refractivity contribution in [1.82, 2.24) is 4.90 Å². The normalized spacial score (nSPS) is 26.7. The molecule has 1 fully saturated rings. The lowest BCUT2D eigenvalue weighted by molar-refractivity contribution is 0.0347. The molecule has 17 heavy (non-hydrogen) atoms. The fourth-order valence-electron chi connectivity index (χ4n) is 2.23. The Morgan fingerprint density at radius 1 is 1.24 bits per heavy atom. The SMILES string of the molecule is C[C@H](O)[C@@H]1[C@@H](C(C)(C)C)N1C(=O)OC(C)(C)C. The standard InChI is InChI=1S/C13H25NO3/c1-8(15)9-10(12(2,3)4)14(9)11(16)17-13(5,6)7/h8-10,15H,1-7H3/t8-,9+,10-,14?/m0/s1. The number of aliphatic hydroxyl groups is 1. The summed E-state index contributed by atoms with van der Waals surface area (Å²) in [6, 6.07) is -0.0674. The molecule has 0 aliphatic carbocycles. The molecule has 1 saturated heterocycles.